The number of likely N-dealkylation sites (tertiary alicyclic amines) is 1. The first kappa shape index (κ1) is 21.2. The Morgan fingerprint density at radius 1 is 1.21 bits per heavy atom. The minimum absolute atomic E-state index is 0.0681. The van der Waals surface area contributed by atoms with Crippen molar-refractivity contribution >= 4 is 29.1 Å². The molecule has 2 aliphatic heterocycles. The second-order valence-electron chi connectivity index (χ2n) is 8.87. The predicted molar refractivity (Wildman–Crippen MR) is 120 cm³/mol. The van der Waals surface area contributed by atoms with Crippen LogP contribution in [0.4, 0.5) is 0 Å². The van der Waals surface area contributed by atoms with Crippen molar-refractivity contribution in [2.24, 2.45) is 17.8 Å². The van der Waals surface area contributed by atoms with Crippen LogP contribution in [-0.2, 0) is 4.79 Å². The SMILES string of the molecule is CN[C@@H](CCN1CCC2(CC1)NC(=O)CC1C=CC=CC12)C1C=CC(Cl)=C(Cl)C1. The third-order valence-corrected chi connectivity index (χ3v) is 8.06. The van der Waals surface area contributed by atoms with Crippen molar-refractivity contribution in [3.05, 3.63) is 46.5 Å². The molecule has 2 heterocycles. The van der Waals surface area contributed by atoms with Crippen LogP contribution in [-0.4, -0.2) is 49.1 Å². The van der Waals surface area contributed by atoms with Crippen molar-refractivity contribution in [2.45, 2.75) is 43.7 Å². The third kappa shape index (κ3) is 4.51. The van der Waals surface area contributed by atoms with E-state index >= 15 is 0 Å². The number of amides is 1. The van der Waals surface area contributed by atoms with E-state index in [1.165, 1.54) is 0 Å². The lowest BCUT2D eigenvalue weighted by atomic mass is 9.65. The largest absolute Gasteiger partial charge is 0.350 e. The quantitative estimate of drug-likeness (QED) is 0.686. The Morgan fingerprint density at radius 2 is 1.97 bits per heavy atom. The van der Waals surface area contributed by atoms with Crippen molar-refractivity contribution in [2.75, 3.05) is 26.7 Å². The van der Waals surface area contributed by atoms with E-state index in [4.69, 9.17) is 23.2 Å². The van der Waals surface area contributed by atoms with Gasteiger partial charge < -0.3 is 15.5 Å². The number of fused-ring (bicyclic) bond motifs is 2. The van der Waals surface area contributed by atoms with Crippen molar-refractivity contribution in [1.82, 2.24) is 15.5 Å². The first-order valence-electron chi connectivity index (χ1n) is 10.8. The number of hydrogen-bond acceptors (Lipinski definition) is 3. The van der Waals surface area contributed by atoms with Gasteiger partial charge in [-0.15, -0.1) is 0 Å². The Balaban J connectivity index is 1.32. The van der Waals surface area contributed by atoms with Gasteiger partial charge in [0.25, 0.3) is 0 Å². The van der Waals surface area contributed by atoms with Crippen molar-refractivity contribution in [3.63, 3.8) is 0 Å². The van der Waals surface area contributed by atoms with E-state index in [0.717, 1.165) is 50.3 Å². The molecule has 4 aliphatic rings. The van der Waals surface area contributed by atoms with Gasteiger partial charge in [-0.3, -0.25) is 4.79 Å². The van der Waals surface area contributed by atoms with Crippen LogP contribution in [0.5, 0.6) is 0 Å². The van der Waals surface area contributed by atoms with Gasteiger partial charge in [0.05, 0.1) is 5.03 Å². The molecule has 0 bridgehead atoms. The molecule has 0 aromatic rings. The highest BCUT2D eigenvalue weighted by atomic mass is 35.5. The average molecular weight is 436 g/mol. The first-order chi connectivity index (χ1) is 14.0. The van der Waals surface area contributed by atoms with Crippen LogP contribution < -0.4 is 10.6 Å². The monoisotopic (exact) mass is 435 g/mol. The van der Waals surface area contributed by atoms with E-state index in [1.54, 1.807) is 0 Å². The fourth-order valence-electron chi connectivity index (χ4n) is 5.54. The van der Waals surface area contributed by atoms with E-state index in [2.05, 4.69) is 45.9 Å². The molecular formula is C23H31Cl2N3O. The summed E-state index contributed by atoms with van der Waals surface area (Å²) in [7, 11) is 2.03. The van der Waals surface area contributed by atoms with Crippen LogP contribution in [0.1, 0.15) is 32.1 Å². The summed E-state index contributed by atoms with van der Waals surface area (Å²) in [6.45, 7) is 3.12. The number of allylic oxidation sites excluding steroid dienone is 6. The summed E-state index contributed by atoms with van der Waals surface area (Å²) in [5, 5.41) is 8.28. The van der Waals surface area contributed by atoms with Gasteiger partial charge in [0.15, 0.2) is 0 Å². The third-order valence-electron chi connectivity index (χ3n) is 7.25. The molecule has 2 aliphatic carbocycles. The number of nitrogens with one attached hydrogen (secondary N) is 2. The Morgan fingerprint density at radius 3 is 2.69 bits per heavy atom. The summed E-state index contributed by atoms with van der Waals surface area (Å²) in [6.07, 6.45) is 17.4. The molecular weight excluding hydrogens is 405 g/mol. The highest BCUT2D eigenvalue weighted by molar-refractivity contribution is 6.40. The summed E-state index contributed by atoms with van der Waals surface area (Å²) < 4.78 is 0. The maximum Gasteiger partial charge on any atom is 0.221 e. The molecule has 1 amide bonds. The molecule has 2 fully saturated rings. The van der Waals surface area contributed by atoms with Crippen LogP contribution >= 0.6 is 23.2 Å². The van der Waals surface area contributed by atoms with Crippen LogP contribution in [0, 0.1) is 17.8 Å². The van der Waals surface area contributed by atoms with Crippen molar-refractivity contribution < 1.29 is 4.79 Å². The molecule has 6 heteroatoms. The molecule has 29 heavy (non-hydrogen) atoms. The summed E-state index contributed by atoms with van der Waals surface area (Å²) in [5.41, 5.74) is -0.0681. The van der Waals surface area contributed by atoms with Crippen LogP contribution in [0.15, 0.2) is 46.5 Å². The molecule has 0 aromatic heterocycles. The zero-order valence-electron chi connectivity index (χ0n) is 17.0. The molecule has 4 atom stereocenters. The van der Waals surface area contributed by atoms with Gasteiger partial charge in [-0.2, -0.15) is 0 Å². The Bertz CT molecular complexity index is 749. The zero-order valence-corrected chi connectivity index (χ0v) is 18.6. The fourth-order valence-corrected chi connectivity index (χ4v) is 5.93. The molecule has 2 N–H and O–H groups in total. The fraction of sp³-hybridized carbons (Fsp3) is 0.609. The minimum atomic E-state index is -0.0681. The Labute approximate surface area is 184 Å². The molecule has 4 rings (SSSR count). The van der Waals surface area contributed by atoms with E-state index in [0.29, 0.717) is 35.2 Å². The van der Waals surface area contributed by atoms with E-state index in [9.17, 15) is 4.79 Å². The number of piperidine rings is 2. The lowest BCUT2D eigenvalue weighted by Crippen LogP contribution is -2.63. The lowest BCUT2D eigenvalue weighted by Gasteiger charge is -2.51. The van der Waals surface area contributed by atoms with Crippen LogP contribution in [0.3, 0.4) is 0 Å². The summed E-state index contributed by atoms with van der Waals surface area (Å²) in [6, 6.07) is 0.380. The van der Waals surface area contributed by atoms with E-state index < -0.39 is 0 Å². The number of carbonyl (C=O) groups excluding carboxylic acids is 1. The first-order valence-corrected chi connectivity index (χ1v) is 11.5. The number of rotatable bonds is 5. The number of carbonyl (C=O) groups is 1. The van der Waals surface area contributed by atoms with Gasteiger partial charge in [0, 0.05) is 42.0 Å². The van der Waals surface area contributed by atoms with Crippen LogP contribution in [0.25, 0.3) is 0 Å². The Hall–Kier alpha value is -1.07. The summed E-state index contributed by atoms with van der Waals surface area (Å²) in [4.78, 5) is 14.9. The molecule has 0 saturated carbocycles. The van der Waals surface area contributed by atoms with E-state index in [1.807, 2.05) is 13.1 Å². The maximum atomic E-state index is 12.3. The molecule has 158 valence electrons. The summed E-state index contributed by atoms with van der Waals surface area (Å²) in [5.74, 6) is 1.38. The zero-order chi connectivity index (χ0) is 20.4. The minimum Gasteiger partial charge on any atom is -0.350 e. The molecule has 4 nitrogen and oxygen atoms in total. The average Bonchev–Trinajstić information content (AvgIpc) is 2.72. The highest BCUT2D eigenvalue weighted by Crippen LogP contribution is 2.42. The normalized spacial score (nSPS) is 32.4. The smallest absolute Gasteiger partial charge is 0.221 e. The molecule has 1 spiro atoms. The topological polar surface area (TPSA) is 44.4 Å². The maximum absolute atomic E-state index is 12.3. The van der Waals surface area contributed by atoms with Crippen LogP contribution in [0.2, 0.25) is 0 Å². The van der Waals surface area contributed by atoms with Gasteiger partial charge in [-0.1, -0.05) is 53.6 Å². The molecule has 2 saturated heterocycles. The van der Waals surface area contributed by atoms with Gasteiger partial charge in [-0.05, 0) is 57.2 Å². The Kier molecular flexibility index (Phi) is 6.55. The van der Waals surface area contributed by atoms with Gasteiger partial charge in [0.2, 0.25) is 5.91 Å². The predicted octanol–water partition coefficient (Wildman–Crippen LogP) is 3.94. The second kappa shape index (κ2) is 8.97. The highest BCUT2D eigenvalue weighted by Gasteiger charge is 2.48. The molecule has 3 unspecified atom stereocenters. The van der Waals surface area contributed by atoms with Gasteiger partial charge in [0.1, 0.15) is 0 Å². The van der Waals surface area contributed by atoms with Crippen molar-refractivity contribution in [3.8, 4) is 0 Å². The van der Waals surface area contributed by atoms with Gasteiger partial charge >= 0.3 is 0 Å². The molecule has 0 aromatic carbocycles. The standard InChI is InChI=1S/C23H31Cl2N3O/c1-26-21(17-6-7-19(24)20(25)14-17)8-11-28-12-9-23(10-13-28)18-5-3-2-4-16(18)15-22(29)27-23/h2-7,16-18,21,26H,8-15H2,1H3,(H,27,29)/t16?,17?,18?,21-/m0/s1. The van der Waals surface area contributed by atoms with E-state index in [-0.39, 0.29) is 11.4 Å². The number of nitrogens with zero attached hydrogens (tertiary/aromatic N) is 1. The number of halogens is 2. The summed E-state index contributed by atoms with van der Waals surface area (Å²) >= 11 is 12.4. The number of hydrogen-bond donors (Lipinski definition) is 2. The second-order valence-corrected chi connectivity index (χ2v) is 9.74. The van der Waals surface area contributed by atoms with Crippen molar-refractivity contribution in [1.29, 1.82) is 0 Å². The lowest BCUT2D eigenvalue weighted by molar-refractivity contribution is -0.129. The molecule has 0 radical (unpaired) electrons. The van der Waals surface area contributed by atoms with Gasteiger partial charge in [-0.25, -0.2) is 0 Å².